The van der Waals surface area contributed by atoms with Crippen LogP contribution in [-0.2, 0) is 24.1 Å². The third-order valence-corrected chi connectivity index (χ3v) is 13.9. The van der Waals surface area contributed by atoms with Gasteiger partial charge in [-0.2, -0.15) is 0 Å². The largest absolute Gasteiger partial charge is 0.353 e. The topological polar surface area (TPSA) is 131 Å². The van der Waals surface area contributed by atoms with E-state index >= 15 is 0 Å². The molecule has 2 aliphatic heterocycles. The smallest absolute Gasteiger partial charge is 0.254 e. The molecule has 74 heavy (non-hydrogen) atoms. The zero-order valence-corrected chi connectivity index (χ0v) is 42.3. The fourth-order valence-electron chi connectivity index (χ4n) is 9.47. The van der Waals surface area contributed by atoms with Gasteiger partial charge in [0.15, 0.2) is 0 Å². The summed E-state index contributed by atoms with van der Waals surface area (Å²) >= 11 is 6.02. The van der Waals surface area contributed by atoms with Gasteiger partial charge in [0.25, 0.3) is 17.7 Å². The lowest BCUT2D eigenvalue weighted by Gasteiger charge is -2.35. The van der Waals surface area contributed by atoms with Crippen LogP contribution in [-0.4, -0.2) is 109 Å². The molecule has 0 aliphatic carbocycles. The lowest BCUT2D eigenvalue weighted by molar-refractivity contribution is -0.130. The van der Waals surface area contributed by atoms with Crippen LogP contribution in [0.25, 0.3) is 21.5 Å². The first-order chi connectivity index (χ1) is 36.2. The highest BCUT2D eigenvalue weighted by Gasteiger charge is 2.25. The van der Waals surface area contributed by atoms with E-state index in [1.54, 1.807) is 18.5 Å². The number of carbonyl (C=O) groups is 4. The number of fused-ring (bicyclic) bond motifs is 2. The second-order valence-electron chi connectivity index (χ2n) is 18.7. The lowest BCUT2D eigenvalue weighted by atomic mass is 10.0. The predicted octanol–water partition coefficient (Wildman–Crippen LogP) is 9.70. The summed E-state index contributed by atoms with van der Waals surface area (Å²) in [4.78, 5) is 68.3. The Labute approximate surface area is 438 Å². The molecule has 2 fully saturated rings. The van der Waals surface area contributed by atoms with Gasteiger partial charge in [0.05, 0.1) is 17.5 Å². The Bertz CT molecular complexity index is 3170. The SMILES string of the molecule is O=C(NCCCCc1ccccc1)c1ccc(N2CCN(C(=O)c3cccc4ccccc34)CC2)nc1.O=C(NCCc1cccc(Cl)c1)c1ccc(N2CCN(C(=O)Cc3ccc4ccccc4c3)CC2)nc1. The average molecular weight is 1010 g/mol. The van der Waals surface area contributed by atoms with E-state index in [4.69, 9.17) is 11.6 Å². The molecule has 2 aromatic heterocycles. The number of aryl methyl sites for hydroxylation is 1. The standard InChI is InChI=1S/C31H32N4O2.C30H29ClN4O2/c36-30(32-18-7-6-11-24-9-2-1-3-10-24)26-16-17-29(33-23-26)34-19-21-35(22-20-34)31(37)28-15-8-13-25-12-4-5-14-27(25)28;31-27-7-3-4-22(19-27)12-13-32-30(37)26-10-11-28(33-21-26)34-14-16-35(17-15-34)29(36)20-23-8-9-24-5-1-2-6-25(24)18-23/h1-5,8-10,12-17,23H,6-7,11,18-22H2,(H,32,36);1-11,18-19,21H,12-17,20H2,(H,32,37). The zero-order valence-electron chi connectivity index (χ0n) is 41.5. The summed E-state index contributed by atoms with van der Waals surface area (Å²) in [6.07, 6.45) is 7.37. The highest BCUT2D eigenvalue weighted by Crippen LogP contribution is 2.23. The van der Waals surface area contributed by atoms with Crippen molar-refractivity contribution >= 4 is 68.4 Å². The van der Waals surface area contributed by atoms with Gasteiger partial charge in [0.1, 0.15) is 11.6 Å². The van der Waals surface area contributed by atoms with Crippen molar-refractivity contribution in [3.8, 4) is 0 Å². The Morgan fingerprint density at radius 3 is 1.72 bits per heavy atom. The molecule has 0 spiro atoms. The molecule has 0 saturated carbocycles. The molecule has 0 radical (unpaired) electrons. The van der Waals surface area contributed by atoms with E-state index in [-0.39, 0.29) is 23.6 Å². The third-order valence-electron chi connectivity index (χ3n) is 13.7. The number of anilines is 2. The first kappa shape index (κ1) is 50.8. The number of aromatic nitrogens is 2. The van der Waals surface area contributed by atoms with Crippen LogP contribution in [0, 0.1) is 0 Å². The number of unbranched alkanes of at least 4 members (excludes halogenated alkanes) is 1. The Morgan fingerprint density at radius 2 is 1.05 bits per heavy atom. The number of rotatable bonds is 15. The van der Waals surface area contributed by atoms with Crippen molar-refractivity contribution < 1.29 is 19.2 Å². The third kappa shape index (κ3) is 13.5. The fraction of sp³-hybridized carbons (Fsp3) is 0.246. The van der Waals surface area contributed by atoms with Crippen molar-refractivity contribution in [2.24, 2.45) is 0 Å². The number of nitrogens with zero attached hydrogens (tertiary/aromatic N) is 6. The molecule has 376 valence electrons. The summed E-state index contributed by atoms with van der Waals surface area (Å²) in [5.41, 5.74) is 5.29. The Hall–Kier alpha value is -8.09. The molecule has 2 saturated heterocycles. The van der Waals surface area contributed by atoms with Crippen LogP contribution in [0.1, 0.15) is 60.6 Å². The van der Waals surface area contributed by atoms with E-state index in [1.165, 1.54) is 10.9 Å². The Kier molecular flexibility index (Phi) is 17.2. The number of carbonyl (C=O) groups excluding carboxylic acids is 4. The maximum Gasteiger partial charge on any atom is 0.254 e. The van der Waals surface area contributed by atoms with Crippen molar-refractivity contribution in [2.45, 2.75) is 32.1 Å². The average Bonchev–Trinajstić information content (AvgIpc) is 3.45. The Morgan fingerprint density at radius 1 is 0.473 bits per heavy atom. The van der Waals surface area contributed by atoms with Crippen LogP contribution in [0.5, 0.6) is 0 Å². The van der Waals surface area contributed by atoms with Gasteiger partial charge in [-0.05, 0) is 106 Å². The predicted molar refractivity (Wildman–Crippen MR) is 296 cm³/mol. The molecule has 2 N–H and O–H groups in total. The highest BCUT2D eigenvalue weighted by molar-refractivity contribution is 6.30. The van der Waals surface area contributed by atoms with E-state index in [0.29, 0.717) is 94.4 Å². The van der Waals surface area contributed by atoms with Gasteiger partial charge < -0.3 is 30.2 Å². The molecule has 0 atom stereocenters. The fourth-order valence-corrected chi connectivity index (χ4v) is 9.69. The summed E-state index contributed by atoms with van der Waals surface area (Å²) in [5, 5.41) is 11.0. The number of halogens is 1. The van der Waals surface area contributed by atoms with E-state index in [9.17, 15) is 19.2 Å². The minimum atomic E-state index is -0.148. The number of nitrogens with one attached hydrogen (secondary N) is 2. The van der Waals surface area contributed by atoms with Gasteiger partial charge in [0.2, 0.25) is 5.91 Å². The van der Waals surface area contributed by atoms with Crippen molar-refractivity contribution in [3.63, 3.8) is 0 Å². The van der Waals surface area contributed by atoms with E-state index in [0.717, 1.165) is 63.7 Å². The van der Waals surface area contributed by atoms with Crippen molar-refractivity contribution in [1.82, 2.24) is 30.4 Å². The summed E-state index contributed by atoms with van der Waals surface area (Å²) < 4.78 is 0. The van der Waals surface area contributed by atoms with Crippen LogP contribution >= 0.6 is 11.6 Å². The zero-order chi connectivity index (χ0) is 51.1. The first-order valence-corrected chi connectivity index (χ1v) is 25.9. The van der Waals surface area contributed by atoms with Crippen LogP contribution in [0.4, 0.5) is 11.6 Å². The van der Waals surface area contributed by atoms with Gasteiger partial charge in [-0.15, -0.1) is 0 Å². The van der Waals surface area contributed by atoms with Crippen molar-refractivity contribution in [1.29, 1.82) is 0 Å². The van der Waals surface area contributed by atoms with E-state index in [2.05, 4.69) is 78.9 Å². The van der Waals surface area contributed by atoms with Gasteiger partial charge >= 0.3 is 0 Å². The summed E-state index contributed by atoms with van der Waals surface area (Å²) in [5.74, 6) is 1.62. The minimum absolute atomic E-state index is 0.0696. The number of hydrogen-bond donors (Lipinski definition) is 2. The van der Waals surface area contributed by atoms with Crippen LogP contribution in [0.2, 0.25) is 5.02 Å². The molecule has 4 heterocycles. The van der Waals surface area contributed by atoms with Crippen molar-refractivity contribution in [3.05, 3.63) is 215 Å². The summed E-state index contributed by atoms with van der Waals surface area (Å²) in [6.45, 7) is 6.58. The molecule has 0 bridgehead atoms. The van der Waals surface area contributed by atoms with Gasteiger partial charge in [-0.1, -0.05) is 133 Å². The van der Waals surface area contributed by atoms with E-state index < -0.39 is 0 Å². The minimum Gasteiger partial charge on any atom is -0.353 e. The molecule has 4 amide bonds. The molecule has 12 nitrogen and oxygen atoms in total. The normalized spacial score (nSPS) is 13.5. The van der Waals surface area contributed by atoms with Crippen LogP contribution in [0.15, 0.2) is 176 Å². The molecule has 13 heteroatoms. The number of benzene rings is 6. The molecular formula is C61H61ClN8O4. The first-order valence-electron chi connectivity index (χ1n) is 25.5. The highest BCUT2D eigenvalue weighted by atomic mass is 35.5. The molecule has 6 aromatic carbocycles. The van der Waals surface area contributed by atoms with Gasteiger partial charge in [-0.25, -0.2) is 9.97 Å². The second kappa shape index (κ2) is 25.0. The maximum absolute atomic E-state index is 13.2. The molecule has 10 rings (SSSR count). The summed E-state index contributed by atoms with van der Waals surface area (Å²) in [7, 11) is 0. The van der Waals surface area contributed by atoms with E-state index in [1.807, 2.05) is 119 Å². The molecule has 0 unspecified atom stereocenters. The second-order valence-corrected chi connectivity index (χ2v) is 19.1. The summed E-state index contributed by atoms with van der Waals surface area (Å²) in [6, 6.07) is 53.7. The van der Waals surface area contributed by atoms with Crippen molar-refractivity contribution in [2.75, 3.05) is 75.2 Å². The molecule has 2 aliphatic rings. The number of pyridine rings is 2. The lowest BCUT2D eigenvalue weighted by Crippen LogP contribution is -2.49. The quantitative estimate of drug-likeness (QED) is 0.0972. The molecular weight excluding hydrogens is 944 g/mol. The van der Waals surface area contributed by atoms with Gasteiger partial charge in [0, 0.05) is 88.4 Å². The number of piperazine rings is 2. The number of hydrogen-bond acceptors (Lipinski definition) is 8. The van der Waals surface area contributed by atoms with Crippen LogP contribution < -0.4 is 20.4 Å². The Balaban J connectivity index is 0.000000182. The van der Waals surface area contributed by atoms with Gasteiger partial charge in [-0.3, -0.25) is 19.2 Å². The number of amides is 4. The molecule has 8 aromatic rings. The van der Waals surface area contributed by atoms with Crippen LogP contribution in [0.3, 0.4) is 0 Å². The maximum atomic E-state index is 13.2. The monoisotopic (exact) mass is 1000 g/mol.